The number of likely N-dealkylation sites (N-methyl/N-ethyl adjacent to an activating group) is 1. The molecule has 0 bridgehead atoms. The molecule has 3 heterocycles. The van der Waals surface area contributed by atoms with Gasteiger partial charge < -0.3 is 19.9 Å². The van der Waals surface area contributed by atoms with Crippen LogP contribution in [0.2, 0.25) is 9.36 Å². The van der Waals surface area contributed by atoms with E-state index in [1.54, 1.807) is 11.0 Å². The number of H-pyrrole nitrogens is 1. The summed E-state index contributed by atoms with van der Waals surface area (Å²) in [4.78, 5) is 33.3. The molecule has 33 heavy (non-hydrogen) atoms. The SMILES string of the molecule is CN(C(=O)CN1CCOCC1)[C@H]1c2ccccc2C[C@@H]1NC(=O)c1cc2sc(Cl)c(Cl)c2[nH]1. The van der Waals surface area contributed by atoms with E-state index >= 15 is 0 Å². The Labute approximate surface area is 205 Å². The number of halogens is 2. The molecule has 0 radical (unpaired) electrons. The number of morpholine rings is 1. The predicted molar refractivity (Wildman–Crippen MR) is 130 cm³/mol. The Hall–Kier alpha value is -2.10. The highest BCUT2D eigenvalue weighted by molar-refractivity contribution is 7.23. The van der Waals surface area contributed by atoms with Crippen molar-refractivity contribution in [2.45, 2.75) is 18.5 Å². The van der Waals surface area contributed by atoms with Crippen molar-refractivity contribution in [3.63, 3.8) is 0 Å². The average Bonchev–Trinajstić information content (AvgIpc) is 3.46. The fourth-order valence-electron chi connectivity index (χ4n) is 4.69. The van der Waals surface area contributed by atoms with E-state index < -0.39 is 0 Å². The summed E-state index contributed by atoms with van der Waals surface area (Å²) >= 11 is 13.6. The quantitative estimate of drug-likeness (QED) is 0.552. The molecule has 0 spiro atoms. The van der Waals surface area contributed by atoms with Crippen LogP contribution >= 0.6 is 34.5 Å². The summed E-state index contributed by atoms with van der Waals surface area (Å²) in [6.07, 6.45) is 0.656. The first-order valence-corrected chi connectivity index (χ1v) is 12.4. The first-order valence-electron chi connectivity index (χ1n) is 10.8. The number of aromatic nitrogens is 1. The highest BCUT2D eigenvalue weighted by Crippen LogP contribution is 2.39. The molecule has 5 rings (SSSR count). The van der Waals surface area contributed by atoms with E-state index in [2.05, 4.69) is 21.3 Å². The van der Waals surface area contributed by atoms with Gasteiger partial charge in [-0.15, -0.1) is 11.3 Å². The second kappa shape index (κ2) is 9.27. The Morgan fingerprint density at radius 1 is 1.27 bits per heavy atom. The highest BCUT2D eigenvalue weighted by atomic mass is 35.5. The third-order valence-corrected chi connectivity index (χ3v) is 8.33. The Kier molecular flexibility index (Phi) is 6.37. The maximum atomic E-state index is 13.2. The first-order chi connectivity index (χ1) is 15.9. The lowest BCUT2D eigenvalue weighted by atomic mass is 10.0. The lowest BCUT2D eigenvalue weighted by Crippen LogP contribution is -2.49. The topological polar surface area (TPSA) is 77.7 Å². The zero-order valence-electron chi connectivity index (χ0n) is 18.1. The lowest BCUT2D eigenvalue weighted by Gasteiger charge is -2.33. The number of carbonyl (C=O) groups excluding carboxylic acids is 2. The number of aromatic amines is 1. The van der Waals surface area contributed by atoms with Gasteiger partial charge in [-0.2, -0.15) is 0 Å². The van der Waals surface area contributed by atoms with Crippen LogP contribution in [-0.4, -0.2) is 72.5 Å². The largest absolute Gasteiger partial charge is 0.379 e. The van der Waals surface area contributed by atoms with Crippen LogP contribution in [0.25, 0.3) is 10.2 Å². The fourth-order valence-corrected chi connectivity index (χ4v) is 6.17. The number of ether oxygens (including phenoxy) is 1. The maximum absolute atomic E-state index is 13.2. The van der Waals surface area contributed by atoms with Crippen molar-refractivity contribution in [2.24, 2.45) is 0 Å². The molecule has 2 atom stereocenters. The van der Waals surface area contributed by atoms with Gasteiger partial charge in [0, 0.05) is 20.1 Å². The van der Waals surface area contributed by atoms with Crippen molar-refractivity contribution in [2.75, 3.05) is 39.9 Å². The molecule has 2 aromatic heterocycles. The molecule has 1 aliphatic carbocycles. The minimum Gasteiger partial charge on any atom is -0.379 e. The van der Waals surface area contributed by atoms with Crippen molar-refractivity contribution in [3.05, 3.63) is 56.5 Å². The van der Waals surface area contributed by atoms with E-state index in [0.29, 0.717) is 46.7 Å². The Balaban J connectivity index is 1.35. The van der Waals surface area contributed by atoms with Gasteiger partial charge in [-0.25, -0.2) is 0 Å². The Morgan fingerprint density at radius 3 is 2.79 bits per heavy atom. The zero-order chi connectivity index (χ0) is 23.1. The van der Waals surface area contributed by atoms with Gasteiger partial charge in [0.15, 0.2) is 0 Å². The maximum Gasteiger partial charge on any atom is 0.268 e. The summed E-state index contributed by atoms with van der Waals surface area (Å²) in [7, 11) is 1.82. The summed E-state index contributed by atoms with van der Waals surface area (Å²) in [5.41, 5.74) is 3.30. The Bertz CT molecular complexity index is 1200. The van der Waals surface area contributed by atoms with Crippen molar-refractivity contribution < 1.29 is 14.3 Å². The molecule has 10 heteroatoms. The molecular formula is C23H24Cl2N4O3S. The minimum absolute atomic E-state index is 0.0275. The lowest BCUT2D eigenvalue weighted by molar-refractivity contribution is -0.134. The van der Waals surface area contributed by atoms with Crippen LogP contribution in [0.4, 0.5) is 0 Å². The molecule has 2 aliphatic rings. The fraction of sp³-hybridized carbons (Fsp3) is 0.391. The van der Waals surface area contributed by atoms with Crippen LogP contribution in [0.3, 0.4) is 0 Å². The van der Waals surface area contributed by atoms with E-state index in [1.807, 2.05) is 25.2 Å². The normalized spacial score (nSPS) is 20.7. The standard InChI is InChI=1S/C23H24Cl2N4O3S/c1-28(18(30)12-29-6-8-32-9-7-29)21-14-5-3-2-4-13(14)10-15(21)27-23(31)16-11-17-20(26-16)19(24)22(25)33-17/h2-5,11,15,21,26H,6-10,12H2,1H3,(H,27,31)/t15-,21-/m0/s1. The molecule has 7 nitrogen and oxygen atoms in total. The van der Waals surface area contributed by atoms with Gasteiger partial charge in [-0.3, -0.25) is 14.5 Å². The number of amides is 2. The summed E-state index contributed by atoms with van der Waals surface area (Å²) in [5.74, 6) is -0.206. The number of carbonyl (C=O) groups is 2. The monoisotopic (exact) mass is 506 g/mol. The molecule has 0 saturated carbocycles. The second-order valence-electron chi connectivity index (χ2n) is 8.43. The number of rotatable bonds is 5. The Morgan fingerprint density at radius 2 is 2.03 bits per heavy atom. The van der Waals surface area contributed by atoms with E-state index in [0.717, 1.165) is 28.9 Å². The van der Waals surface area contributed by atoms with Crippen LogP contribution in [0.15, 0.2) is 30.3 Å². The summed E-state index contributed by atoms with van der Waals surface area (Å²) in [5, 5.41) is 3.57. The summed E-state index contributed by atoms with van der Waals surface area (Å²) in [6, 6.07) is 9.33. The molecule has 2 N–H and O–H groups in total. The van der Waals surface area contributed by atoms with Gasteiger partial charge in [0.05, 0.1) is 47.1 Å². The van der Waals surface area contributed by atoms with E-state index in [1.165, 1.54) is 11.3 Å². The van der Waals surface area contributed by atoms with Gasteiger partial charge in [0.2, 0.25) is 5.91 Å². The van der Waals surface area contributed by atoms with Crippen molar-refractivity contribution in [1.82, 2.24) is 20.1 Å². The molecule has 1 aromatic carbocycles. The number of thiophene rings is 1. The smallest absolute Gasteiger partial charge is 0.268 e. The average molecular weight is 507 g/mol. The van der Waals surface area contributed by atoms with Crippen LogP contribution in [0.5, 0.6) is 0 Å². The van der Waals surface area contributed by atoms with Crippen molar-refractivity contribution in [1.29, 1.82) is 0 Å². The molecule has 0 unspecified atom stereocenters. The van der Waals surface area contributed by atoms with Crippen molar-refractivity contribution in [3.8, 4) is 0 Å². The summed E-state index contributed by atoms with van der Waals surface area (Å²) < 4.78 is 6.72. The molecule has 2 amide bonds. The van der Waals surface area contributed by atoms with Gasteiger partial charge in [-0.1, -0.05) is 47.5 Å². The van der Waals surface area contributed by atoms with Crippen LogP contribution in [-0.2, 0) is 16.0 Å². The number of nitrogens with one attached hydrogen (secondary N) is 2. The number of nitrogens with zero attached hydrogens (tertiary/aromatic N) is 2. The third-order valence-electron chi connectivity index (χ3n) is 6.40. The van der Waals surface area contributed by atoms with Gasteiger partial charge in [-0.05, 0) is 23.6 Å². The third kappa shape index (κ3) is 4.38. The predicted octanol–water partition coefficient (Wildman–Crippen LogP) is 3.72. The van der Waals surface area contributed by atoms with Crippen LogP contribution < -0.4 is 5.32 Å². The molecule has 3 aromatic rings. The molecule has 1 saturated heterocycles. The second-order valence-corrected chi connectivity index (χ2v) is 10.5. The number of benzene rings is 1. The molecule has 174 valence electrons. The van der Waals surface area contributed by atoms with Crippen LogP contribution in [0.1, 0.15) is 27.7 Å². The molecule has 1 fully saturated rings. The number of hydrogen-bond donors (Lipinski definition) is 2. The molecule has 1 aliphatic heterocycles. The van der Waals surface area contributed by atoms with E-state index in [9.17, 15) is 9.59 Å². The van der Waals surface area contributed by atoms with E-state index in [-0.39, 0.29) is 23.9 Å². The van der Waals surface area contributed by atoms with Crippen molar-refractivity contribution >= 4 is 56.6 Å². The van der Waals surface area contributed by atoms with Crippen LogP contribution in [0, 0.1) is 0 Å². The van der Waals surface area contributed by atoms with Gasteiger partial charge in [0.1, 0.15) is 10.0 Å². The number of hydrogen-bond acceptors (Lipinski definition) is 5. The minimum atomic E-state index is -0.243. The number of fused-ring (bicyclic) bond motifs is 2. The summed E-state index contributed by atoms with van der Waals surface area (Å²) in [6.45, 7) is 3.12. The highest BCUT2D eigenvalue weighted by Gasteiger charge is 2.38. The van der Waals surface area contributed by atoms with E-state index in [4.69, 9.17) is 27.9 Å². The molecular weight excluding hydrogens is 483 g/mol. The first kappa shape index (κ1) is 22.7. The van der Waals surface area contributed by atoms with Gasteiger partial charge >= 0.3 is 0 Å². The zero-order valence-corrected chi connectivity index (χ0v) is 20.4. The van der Waals surface area contributed by atoms with Gasteiger partial charge in [0.25, 0.3) is 5.91 Å².